The number of rotatable bonds is 4. The van der Waals surface area contributed by atoms with E-state index in [2.05, 4.69) is 0 Å². The quantitative estimate of drug-likeness (QED) is 0.680. The number of hydrogen-bond acceptors (Lipinski definition) is 4. The summed E-state index contributed by atoms with van der Waals surface area (Å²) in [7, 11) is -3.81. The molecule has 8 heteroatoms. The lowest BCUT2D eigenvalue weighted by Gasteiger charge is -2.41. The van der Waals surface area contributed by atoms with Crippen molar-refractivity contribution in [1.82, 2.24) is 9.21 Å². The molecule has 4 rings (SSSR count). The molecule has 2 aromatic rings. The highest BCUT2D eigenvalue weighted by Gasteiger charge is 2.41. The van der Waals surface area contributed by atoms with Crippen LogP contribution >= 0.6 is 0 Å². The van der Waals surface area contributed by atoms with Gasteiger partial charge in [0.05, 0.1) is 10.6 Å². The Morgan fingerprint density at radius 3 is 2.21 bits per heavy atom. The molecule has 2 aliphatic rings. The highest BCUT2D eigenvalue weighted by molar-refractivity contribution is 7.89. The number of aryl methyl sites for hydroxylation is 3. The van der Waals surface area contributed by atoms with Crippen LogP contribution in [0, 0.1) is 26.6 Å². The Morgan fingerprint density at radius 1 is 0.939 bits per heavy atom. The Labute approximate surface area is 196 Å². The van der Waals surface area contributed by atoms with Crippen LogP contribution in [0.2, 0.25) is 0 Å². The number of sulfonamides is 1. The molecule has 0 spiro atoms. The van der Waals surface area contributed by atoms with Crippen molar-refractivity contribution in [3.05, 3.63) is 58.9 Å². The van der Waals surface area contributed by atoms with E-state index >= 15 is 0 Å². The smallest absolute Gasteiger partial charge is 0.244 e. The molecule has 178 valence electrons. The van der Waals surface area contributed by atoms with Gasteiger partial charge in [-0.15, -0.1) is 0 Å². The summed E-state index contributed by atoms with van der Waals surface area (Å²) in [5.74, 6) is -0.417. The fourth-order valence-electron chi connectivity index (χ4n) is 5.22. The zero-order valence-electron chi connectivity index (χ0n) is 19.6. The minimum atomic E-state index is -3.81. The van der Waals surface area contributed by atoms with Crippen molar-refractivity contribution in [1.29, 1.82) is 0 Å². The number of benzene rings is 2. The predicted octanol–water partition coefficient (Wildman–Crippen LogP) is 3.64. The van der Waals surface area contributed by atoms with Crippen molar-refractivity contribution in [3.63, 3.8) is 0 Å². The van der Waals surface area contributed by atoms with Gasteiger partial charge in [-0.05, 0) is 56.9 Å². The Kier molecular flexibility index (Phi) is 6.77. The van der Waals surface area contributed by atoms with E-state index < -0.39 is 16.1 Å². The van der Waals surface area contributed by atoms with Crippen LogP contribution in [0.25, 0.3) is 0 Å². The van der Waals surface area contributed by atoms with Crippen molar-refractivity contribution in [2.75, 3.05) is 37.6 Å². The van der Waals surface area contributed by atoms with Crippen LogP contribution in [0.3, 0.4) is 0 Å². The van der Waals surface area contributed by atoms with E-state index in [4.69, 9.17) is 0 Å². The van der Waals surface area contributed by atoms with Gasteiger partial charge in [0.15, 0.2) is 0 Å². The molecule has 0 saturated carbocycles. The van der Waals surface area contributed by atoms with E-state index in [1.54, 1.807) is 23.1 Å². The lowest BCUT2D eigenvalue weighted by molar-refractivity contribution is -0.136. The van der Waals surface area contributed by atoms with Gasteiger partial charge in [0.25, 0.3) is 0 Å². The summed E-state index contributed by atoms with van der Waals surface area (Å²) < 4.78 is 43.0. The Balaban J connectivity index is 1.53. The second kappa shape index (κ2) is 9.43. The number of halogens is 1. The molecule has 33 heavy (non-hydrogen) atoms. The van der Waals surface area contributed by atoms with Crippen LogP contribution in [0.1, 0.15) is 36.0 Å². The maximum Gasteiger partial charge on any atom is 0.244 e. The van der Waals surface area contributed by atoms with Crippen molar-refractivity contribution in [2.24, 2.45) is 0 Å². The van der Waals surface area contributed by atoms with E-state index in [0.29, 0.717) is 60.9 Å². The van der Waals surface area contributed by atoms with Gasteiger partial charge in [0.2, 0.25) is 15.9 Å². The molecule has 2 aromatic carbocycles. The third-order valence-corrected chi connectivity index (χ3v) is 8.91. The summed E-state index contributed by atoms with van der Waals surface area (Å²) in [6.07, 6.45) is 2.09. The molecule has 0 N–H and O–H groups in total. The third-order valence-electron chi connectivity index (χ3n) is 6.69. The van der Waals surface area contributed by atoms with Gasteiger partial charge in [-0.3, -0.25) is 4.79 Å². The summed E-state index contributed by atoms with van der Waals surface area (Å²) in [5.41, 5.74) is 2.98. The first kappa shape index (κ1) is 23.7. The normalized spacial score (nSPS) is 20.2. The van der Waals surface area contributed by atoms with Gasteiger partial charge < -0.3 is 9.80 Å². The monoisotopic (exact) mass is 473 g/mol. The molecular formula is C25H32FN3O3S. The molecule has 1 amide bonds. The van der Waals surface area contributed by atoms with E-state index in [0.717, 1.165) is 18.4 Å². The SMILES string of the molecule is Cc1cc(C)c(S(=O)(=O)N2CCCCC2C(=O)N2CCN(c3ccccc3F)CC2)c(C)c1. The second-order valence-corrected chi connectivity index (χ2v) is 10.9. The number of piperazine rings is 1. The zero-order valence-corrected chi connectivity index (χ0v) is 20.4. The molecule has 6 nitrogen and oxygen atoms in total. The fraction of sp³-hybridized carbons (Fsp3) is 0.480. The van der Waals surface area contributed by atoms with E-state index in [1.807, 2.05) is 37.8 Å². The molecule has 0 radical (unpaired) electrons. The predicted molar refractivity (Wildman–Crippen MR) is 127 cm³/mol. The molecule has 2 aliphatic heterocycles. The molecular weight excluding hydrogens is 441 g/mol. The standard InChI is InChI=1S/C25H32FN3O3S/c1-18-16-19(2)24(20(3)17-18)33(31,32)29-11-7-6-10-23(29)25(30)28-14-12-27(13-15-28)22-9-5-4-8-21(22)26/h4-5,8-9,16-17,23H,6-7,10-15H2,1-3H3. The maximum absolute atomic E-state index is 14.2. The molecule has 0 aliphatic carbocycles. The molecule has 1 unspecified atom stereocenters. The van der Waals surface area contributed by atoms with Gasteiger partial charge in [-0.25, -0.2) is 12.8 Å². The number of anilines is 1. The van der Waals surface area contributed by atoms with Crippen LogP contribution < -0.4 is 4.90 Å². The highest BCUT2D eigenvalue weighted by atomic mass is 32.2. The van der Waals surface area contributed by atoms with E-state index in [-0.39, 0.29) is 11.7 Å². The molecule has 2 fully saturated rings. The van der Waals surface area contributed by atoms with Crippen LogP contribution in [-0.4, -0.2) is 62.3 Å². The largest absolute Gasteiger partial charge is 0.366 e. The average molecular weight is 474 g/mol. The Hall–Kier alpha value is -2.45. The number of hydrogen-bond donors (Lipinski definition) is 0. The number of carbonyl (C=O) groups excluding carboxylic acids is 1. The first-order valence-corrected chi connectivity index (χ1v) is 13.0. The summed E-state index contributed by atoms with van der Waals surface area (Å²) in [5, 5.41) is 0. The number of amides is 1. The Bertz CT molecular complexity index is 1120. The summed E-state index contributed by atoms with van der Waals surface area (Å²) in [6.45, 7) is 7.85. The summed E-state index contributed by atoms with van der Waals surface area (Å²) in [6, 6.07) is 9.71. The zero-order chi connectivity index (χ0) is 23.8. The van der Waals surface area contributed by atoms with Crippen molar-refractivity contribution < 1.29 is 17.6 Å². The highest BCUT2D eigenvalue weighted by Crippen LogP contribution is 2.31. The van der Waals surface area contributed by atoms with Crippen molar-refractivity contribution in [3.8, 4) is 0 Å². The van der Waals surface area contributed by atoms with Gasteiger partial charge in [0.1, 0.15) is 11.9 Å². The van der Waals surface area contributed by atoms with Gasteiger partial charge in [0, 0.05) is 32.7 Å². The van der Waals surface area contributed by atoms with Crippen molar-refractivity contribution in [2.45, 2.75) is 51.0 Å². The minimum absolute atomic E-state index is 0.145. The lowest BCUT2D eigenvalue weighted by atomic mass is 10.0. The van der Waals surface area contributed by atoms with Crippen molar-refractivity contribution >= 4 is 21.6 Å². The van der Waals surface area contributed by atoms with Crippen LogP contribution in [-0.2, 0) is 14.8 Å². The third kappa shape index (κ3) is 4.64. The number of piperidine rings is 1. The number of para-hydroxylation sites is 1. The average Bonchev–Trinajstić information content (AvgIpc) is 2.78. The maximum atomic E-state index is 14.2. The van der Waals surface area contributed by atoms with Crippen LogP contribution in [0.5, 0.6) is 0 Å². The molecule has 2 heterocycles. The van der Waals surface area contributed by atoms with E-state index in [1.165, 1.54) is 10.4 Å². The second-order valence-electron chi connectivity index (χ2n) is 9.12. The minimum Gasteiger partial charge on any atom is -0.366 e. The van der Waals surface area contributed by atoms with Crippen LogP contribution in [0.15, 0.2) is 41.3 Å². The Morgan fingerprint density at radius 2 is 1.58 bits per heavy atom. The van der Waals surface area contributed by atoms with Crippen LogP contribution in [0.4, 0.5) is 10.1 Å². The fourth-order valence-corrected chi connectivity index (χ4v) is 7.28. The first-order valence-electron chi connectivity index (χ1n) is 11.6. The molecule has 0 bridgehead atoms. The number of carbonyl (C=O) groups is 1. The number of nitrogens with zero attached hydrogens (tertiary/aromatic N) is 3. The van der Waals surface area contributed by atoms with Gasteiger partial charge in [-0.2, -0.15) is 4.31 Å². The lowest BCUT2D eigenvalue weighted by Crippen LogP contribution is -2.57. The summed E-state index contributed by atoms with van der Waals surface area (Å²) in [4.78, 5) is 17.5. The topological polar surface area (TPSA) is 60.9 Å². The summed E-state index contributed by atoms with van der Waals surface area (Å²) >= 11 is 0. The van der Waals surface area contributed by atoms with Gasteiger partial charge >= 0.3 is 0 Å². The van der Waals surface area contributed by atoms with Gasteiger partial charge in [-0.1, -0.05) is 36.2 Å². The first-order chi connectivity index (χ1) is 15.7. The van der Waals surface area contributed by atoms with E-state index in [9.17, 15) is 17.6 Å². The molecule has 1 atom stereocenters. The molecule has 0 aromatic heterocycles. The molecule has 2 saturated heterocycles.